The Bertz CT molecular complexity index is 926. The molecule has 3 N–H and O–H groups in total. The summed E-state index contributed by atoms with van der Waals surface area (Å²) in [5, 5.41) is 15.3. The molecule has 0 saturated carbocycles. The minimum absolute atomic E-state index is 0.0121. The SMILES string of the molecule is CCCCCN(C(=O)C(CC(C)C)NC(=O)OC(C)(C)C)C(C(=O)NCCC(=O)OCC)c1ccc(O)cc1. The lowest BCUT2D eigenvalue weighted by Gasteiger charge is -2.35. The van der Waals surface area contributed by atoms with Crippen LogP contribution in [0.3, 0.4) is 0 Å². The average Bonchev–Trinajstić information content (AvgIpc) is 2.82. The second kappa shape index (κ2) is 16.6. The van der Waals surface area contributed by atoms with Crippen LogP contribution in [0.1, 0.15) is 92.2 Å². The first-order chi connectivity index (χ1) is 18.3. The first-order valence-electron chi connectivity index (χ1n) is 13.8. The lowest BCUT2D eigenvalue weighted by Crippen LogP contribution is -2.53. The van der Waals surface area contributed by atoms with E-state index in [0.717, 1.165) is 12.8 Å². The fourth-order valence-electron chi connectivity index (χ4n) is 3.99. The molecule has 0 heterocycles. The Morgan fingerprint density at radius 1 is 1.03 bits per heavy atom. The number of rotatable bonds is 15. The number of carbonyl (C=O) groups excluding carboxylic acids is 4. The quantitative estimate of drug-likeness (QED) is 0.217. The minimum Gasteiger partial charge on any atom is -0.508 e. The number of ether oxygens (including phenoxy) is 2. The monoisotopic (exact) mass is 549 g/mol. The molecule has 1 aromatic carbocycles. The summed E-state index contributed by atoms with van der Waals surface area (Å²) in [6, 6.07) is 4.11. The zero-order valence-corrected chi connectivity index (χ0v) is 24.5. The molecule has 0 aliphatic heterocycles. The van der Waals surface area contributed by atoms with Crippen molar-refractivity contribution in [3.63, 3.8) is 0 Å². The molecule has 0 aromatic heterocycles. The number of hydrogen-bond donors (Lipinski definition) is 3. The summed E-state index contributed by atoms with van der Waals surface area (Å²) in [5.74, 6) is -1.24. The largest absolute Gasteiger partial charge is 0.508 e. The lowest BCUT2D eigenvalue weighted by molar-refractivity contribution is -0.144. The van der Waals surface area contributed by atoms with E-state index < -0.39 is 41.6 Å². The summed E-state index contributed by atoms with van der Waals surface area (Å²) >= 11 is 0. The molecule has 1 rings (SSSR count). The van der Waals surface area contributed by atoms with Crippen LogP contribution in [0.4, 0.5) is 4.79 Å². The van der Waals surface area contributed by atoms with E-state index in [0.29, 0.717) is 18.4 Å². The number of nitrogens with one attached hydrogen (secondary N) is 2. The number of carbonyl (C=O) groups is 4. The van der Waals surface area contributed by atoms with E-state index in [4.69, 9.17) is 9.47 Å². The number of phenolic OH excluding ortho intramolecular Hbond substituents is 1. The summed E-state index contributed by atoms with van der Waals surface area (Å²) in [7, 11) is 0. The van der Waals surface area contributed by atoms with Crippen molar-refractivity contribution in [2.45, 2.75) is 98.3 Å². The highest BCUT2D eigenvalue weighted by molar-refractivity contribution is 5.92. The van der Waals surface area contributed by atoms with Crippen LogP contribution in [0.25, 0.3) is 0 Å². The molecule has 2 atom stereocenters. The van der Waals surface area contributed by atoms with E-state index in [1.807, 2.05) is 20.8 Å². The Balaban J connectivity index is 3.40. The van der Waals surface area contributed by atoms with Crippen molar-refractivity contribution in [3.05, 3.63) is 29.8 Å². The number of alkyl carbamates (subject to hydrolysis) is 1. The van der Waals surface area contributed by atoms with Crippen LogP contribution in [0.5, 0.6) is 5.75 Å². The van der Waals surface area contributed by atoms with Gasteiger partial charge in [-0.2, -0.15) is 0 Å². The predicted octanol–water partition coefficient (Wildman–Crippen LogP) is 4.46. The average molecular weight is 550 g/mol. The van der Waals surface area contributed by atoms with Gasteiger partial charge in [0, 0.05) is 13.1 Å². The molecule has 3 amide bonds. The topological polar surface area (TPSA) is 134 Å². The number of unbranched alkanes of at least 4 members (excludes halogenated alkanes) is 2. The van der Waals surface area contributed by atoms with Crippen molar-refractivity contribution in [1.82, 2.24) is 15.5 Å². The van der Waals surface area contributed by atoms with Crippen LogP contribution in [0, 0.1) is 5.92 Å². The number of esters is 1. The van der Waals surface area contributed by atoms with Gasteiger partial charge in [0.25, 0.3) is 0 Å². The molecule has 0 bridgehead atoms. The maximum atomic E-state index is 14.1. The number of nitrogens with zero attached hydrogens (tertiary/aromatic N) is 1. The van der Waals surface area contributed by atoms with Crippen molar-refractivity contribution < 1.29 is 33.8 Å². The molecule has 0 radical (unpaired) electrons. The first-order valence-corrected chi connectivity index (χ1v) is 13.8. The molecule has 0 spiro atoms. The Labute approximate surface area is 232 Å². The lowest BCUT2D eigenvalue weighted by atomic mass is 9.98. The summed E-state index contributed by atoms with van der Waals surface area (Å²) in [4.78, 5) is 53.6. The third kappa shape index (κ3) is 12.9. The third-order valence-electron chi connectivity index (χ3n) is 5.68. The molecule has 0 aliphatic carbocycles. The smallest absolute Gasteiger partial charge is 0.408 e. The van der Waals surface area contributed by atoms with Gasteiger partial charge in [-0.25, -0.2) is 4.79 Å². The van der Waals surface area contributed by atoms with E-state index >= 15 is 0 Å². The summed E-state index contributed by atoms with van der Waals surface area (Å²) in [6.45, 7) is 13.4. The number of aromatic hydroxyl groups is 1. The molecule has 39 heavy (non-hydrogen) atoms. The molecule has 0 saturated heterocycles. The van der Waals surface area contributed by atoms with Crippen LogP contribution in [-0.2, 0) is 23.9 Å². The molecule has 2 unspecified atom stereocenters. The second-order valence-corrected chi connectivity index (χ2v) is 10.9. The second-order valence-electron chi connectivity index (χ2n) is 10.9. The summed E-state index contributed by atoms with van der Waals surface area (Å²) < 4.78 is 10.3. The standard InChI is InChI=1S/C29H47N3O7/c1-8-10-11-18-32(27(36)23(19-20(3)4)31-28(37)39-29(5,6)7)25(21-12-14-22(33)15-13-21)26(35)30-17-16-24(34)38-9-2/h12-15,20,23,25,33H,8-11,16-19H2,1-7H3,(H,30,35)(H,31,37). The maximum absolute atomic E-state index is 14.1. The van der Waals surface area contributed by atoms with E-state index in [-0.39, 0.29) is 37.8 Å². The Morgan fingerprint density at radius 2 is 1.67 bits per heavy atom. The van der Waals surface area contributed by atoms with Crippen LogP contribution in [-0.4, -0.2) is 65.2 Å². The van der Waals surface area contributed by atoms with Gasteiger partial charge >= 0.3 is 12.1 Å². The first kappa shape index (κ1) is 33.7. The van der Waals surface area contributed by atoms with Gasteiger partial charge in [-0.15, -0.1) is 0 Å². The van der Waals surface area contributed by atoms with E-state index in [1.165, 1.54) is 17.0 Å². The maximum Gasteiger partial charge on any atom is 0.408 e. The van der Waals surface area contributed by atoms with Crippen molar-refractivity contribution in [2.75, 3.05) is 19.7 Å². The number of amides is 3. The van der Waals surface area contributed by atoms with Gasteiger partial charge in [-0.05, 0) is 64.2 Å². The molecule has 10 heteroatoms. The van der Waals surface area contributed by atoms with E-state index in [1.54, 1.807) is 39.8 Å². The molecular formula is C29H47N3O7. The van der Waals surface area contributed by atoms with Gasteiger partial charge in [-0.1, -0.05) is 45.7 Å². The summed E-state index contributed by atoms with van der Waals surface area (Å²) in [5.41, 5.74) is -0.254. The van der Waals surface area contributed by atoms with Crippen molar-refractivity contribution >= 4 is 23.9 Å². The number of hydrogen-bond acceptors (Lipinski definition) is 7. The highest BCUT2D eigenvalue weighted by atomic mass is 16.6. The normalized spacial score (nSPS) is 12.8. The zero-order valence-electron chi connectivity index (χ0n) is 24.5. The highest BCUT2D eigenvalue weighted by Crippen LogP contribution is 2.26. The van der Waals surface area contributed by atoms with Gasteiger partial charge in [-0.3, -0.25) is 14.4 Å². The minimum atomic E-state index is -1.05. The van der Waals surface area contributed by atoms with E-state index in [9.17, 15) is 24.3 Å². The number of benzene rings is 1. The van der Waals surface area contributed by atoms with E-state index in [2.05, 4.69) is 10.6 Å². The van der Waals surface area contributed by atoms with Gasteiger partial charge < -0.3 is 30.1 Å². The molecule has 1 aromatic rings. The predicted molar refractivity (Wildman–Crippen MR) is 149 cm³/mol. The van der Waals surface area contributed by atoms with Crippen LogP contribution < -0.4 is 10.6 Å². The molecule has 0 aliphatic rings. The Hall–Kier alpha value is -3.30. The Kier molecular flexibility index (Phi) is 14.4. The molecule has 220 valence electrons. The van der Waals surface area contributed by atoms with Crippen LogP contribution in [0.15, 0.2) is 24.3 Å². The molecule has 0 fully saturated rings. The molecule has 10 nitrogen and oxygen atoms in total. The van der Waals surface area contributed by atoms with Gasteiger partial charge in [0.15, 0.2) is 0 Å². The zero-order chi connectivity index (χ0) is 29.6. The van der Waals surface area contributed by atoms with Crippen LogP contribution in [0.2, 0.25) is 0 Å². The molecular weight excluding hydrogens is 502 g/mol. The van der Waals surface area contributed by atoms with Crippen molar-refractivity contribution in [3.8, 4) is 5.75 Å². The van der Waals surface area contributed by atoms with Gasteiger partial charge in [0.1, 0.15) is 23.4 Å². The van der Waals surface area contributed by atoms with Gasteiger partial charge in [0.05, 0.1) is 13.0 Å². The van der Waals surface area contributed by atoms with Crippen molar-refractivity contribution in [1.29, 1.82) is 0 Å². The fourth-order valence-corrected chi connectivity index (χ4v) is 3.99. The third-order valence-corrected chi connectivity index (χ3v) is 5.68. The highest BCUT2D eigenvalue weighted by Gasteiger charge is 2.36. The van der Waals surface area contributed by atoms with Crippen LogP contribution >= 0.6 is 0 Å². The van der Waals surface area contributed by atoms with Crippen molar-refractivity contribution in [2.24, 2.45) is 5.92 Å². The fraction of sp³-hybridized carbons (Fsp3) is 0.655. The Morgan fingerprint density at radius 3 is 2.21 bits per heavy atom. The van der Waals surface area contributed by atoms with Gasteiger partial charge in [0.2, 0.25) is 11.8 Å². The summed E-state index contributed by atoms with van der Waals surface area (Å²) in [6.07, 6.45) is 2.01. The number of phenols is 1.